The van der Waals surface area contributed by atoms with E-state index >= 15 is 0 Å². The molecule has 2 unspecified atom stereocenters. The normalized spacial score (nSPS) is 16.6. The number of benzene rings is 2. The number of halogens is 1. The van der Waals surface area contributed by atoms with Gasteiger partial charge in [0.05, 0.1) is 12.5 Å². The van der Waals surface area contributed by atoms with Gasteiger partial charge in [0.2, 0.25) is 5.91 Å². The number of nitrogens with zero attached hydrogens (tertiary/aromatic N) is 2. The topological polar surface area (TPSA) is 35.6 Å². The number of nitrogens with one attached hydrogen (secondary N) is 1. The number of carbonyl (C=O) groups is 1. The quantitative estimate of drug-likeness (QED) is 0.591. The fourth-order valence-electron chi connectivity index (χ4n) is 4.27. The Balaban J connectivity index is 1.41. The molecule has 2 atom stereocenters. The van der Waals surface area contributed by atoms with Crippen LogP contribution in [-0.4, -0.2) is 43.0 Å². The highest BCUT2D eigenvalue weighted by atomic mass is 32.1. The fraction of sp³-hybridized carbons (Fsp3) is 0.320. The predicted octanol–water partition coefficient (Wildman–Crippen LogP) is 4.50. The minimum atomic E-state index is -0.287. The third-order valence-electron chi connectivity index (χ3n) is 5.80. The van der Waals surface area contributed by atoms with Crippen LogP contribution in [0.2, 0.25) is 0 Å². The molecule has 1 fully saturated rings. The number of hydrogen-bond acceptors (Lipinski definition) is 4. The van der Waals surface area contributed by atoms with Crippen molar-refractivity contribution in [2.24, 2.45) is 0 Å². The molecule has 4 nitrogen and oxygen atoms in total. The average molecular weight is 438 g/mol. The molecule has 0 saturated carbocycles. The minimum Gasteiger partial charge on any atom is -0.369 e. The summed E-state index contributed by atoms with van der Waals surface area (Å²) >= 11 is 1.73. The van der Waals surface area contributed by atoms with Crippen LogP contribution in [0.3, 0.4) is 0 Å². The second-order valence-electron chi connectivity index (χ2n) is 7.98. The van der Waals surface area contributed by atoms with Crippen LogP contribution in [0.4, 0.5) is 10.1 Å². The fourth-order valence-corrected chi connectivity index (χ4v) is 5.23. The molecule has 0 radical (unpaired) electrons. The van der Waals surface area contributed by atoms with E-state index in [1.807, 2.05) is 6.07 Å². The van der Waals surface area contributed by atoms with Crippen molar-refractivity contribution < 1.29 is 9.18 Å². The zero-order chi connectivity index (χ0) is 21.6. The largest absolute Gasteiger partial charge is 0.369 e. The van der Waals surface area contributed by atoms with Gasteiger partial charge in [-0.2, -0.15) is 0 Å². The van der Waals surface area contributed by atoms with Crippen LogP contribution in [0, 0.1) is 5.82 Å². The second-order valence-corrected chi connectivity index (χ2v) is 8.96. The predicted molar refractivity (Wildman–Crippen MR) is 125 cm³/mol. The van der Waals surface area contributed by atoms with Gasteiger partial charge >= 0.3 is 0 Å². The van der Waals surface area contributed by atoms with Gasteiger partial charge in [0, 0.05) is 42.8 Å². The van der Waals surface area contributed by atoms with E-state index in [-0.39, 0.29) is 30.2 Å². The molecular weight excluding hydrogens is 409 g/mol. The molecule has 0 bridgehead atoms. The zero-order valence-corrected chi connectivity index (χ0v) is 18.5. The second kappa shape index (κ2) is 10.1. The molecule has 31 heavy (non-hydrogen) atoms. The van der Waals surface area contributed by atoms with E-state index in [1.54, 1.807) is 23.5 Å². The number of hydrogen-bond donors (Lipinski definition) is 1. The first-order chi connectivity index (χ1) is 15.1. The van der Waals surface area contributed by atoms with Crippen LogP contribution < -0.4 is 10.2 Å². The van der Waals surface area contributed by atoms with Crippen molar-refractivity contribution >= 4 is 22.9 Å². The van der Waals surface area contributed by atoms with Crippen LogP contribution in [0.15, 0.2) is 72.1 Å². The molecule has 1 aliphatic rings. The van der Waals surface area contributed by atoms with Crippen molar-refractivity contribution in [3.05, 3.63) is 88.4 Å². The summed E-state index contributed by atoms with van der Waals surface area (Å²) in [6.45, 7) is 5.88. The number of piperazine rings is 1. The van der Waals surface area contributed by atoms with E-state index in [9.17, 15) is 9.18 Å². The lowest BCUT2D eigenvalue weighted by atomic mass is 10.0. The molecule has 1 saturated heterocycles. The lowest BCUT2D eigenvalue weighted by Crippen LogP contribution is -2.52. The van der Waals surface area contributed by atoms with Crippen molar-refractivity contribution in [1.29, 1.82) is 0 Å². The van der Waals surface area contributed by atoms with Crippen molar-refractivity contribution in [2.75, 3.05) is 31.1 Å². The van der Waals surface area contributed by atoms with Crippen molar-refractivity contribution in [3.63, 3.8) is 0 Å². The van der Waals surface area contributed by atoms with Crippen molar-refractivity contribution in [3.8, 4) is 0 Å². The van der Waals surface area contributed by atoms with Gasteiger partial charge in [-0.1, -0.05) is 36.4 Å². The van der Waals surface area contributed by atoms with Crippen LogP contribution in [0.25, 0.3) is 0 Å². The average Bonchev–Trinajstić information content (AvgIpc) is 3.31. The maximum absolute atomic E-state index is 13.1. The Morgan fingerprint density at radius 3 is 2.35 bits per heavy atom. The van der Waals surface area contributed by atoms with E-state index in [4.69, 9.17) is 0 Å². The first-order valence-electron chi connectivity index (χ1n) is 10.7. The Labute approximate surface area is 187 Å². The lowest BCUT2D eigenvalue weighted by molar-refractivity contribution is -0.121. The molecule has 1 N–H and O–H groups in total. The first kappa shape index (κ1) is 21.5. The Bertz CT molecular complexity index is 954. The SMILES string of the molecule is CC(NC(=O)Cc1ccc(F)cc1)C(c1cccs1)N1CCN(c2ccccc2)CC1. The van der Waals surface area contributed by atoms with E-state index in [0.29, 0.717) is 0 Å². The number of carbonyl (C=O) groups excluding carboxylic acids is 1. The van der Waals surface area contributed by atoms with Crippen molar-refractivity contribution in [2.45, 2.75) is 25.4 Å². The Morgan fingerprint density at radius 2 is 1.71 bits per heavy atom. The monoisotopic (exact) mass is 437 g/mol. The number of rotatable bonds is 7. The summed E-state index contributed by atoms with van der Waals surface area (Å²) in [5.74, 6) is -0.325. The molecule has 0 aliphatic carbocycles. The molecule has 4 rings (SSSR count). The smallest absolute Gasteiger partial charge is 0.224 e. The highest BCUT2D eigenvalue weighted by Gasteiger charge is 2.30. The van der Waals surface area contributed by atoms with Crippen LogP contribution in [-0.2, 0) is 11.2 Å². The van der Waals surface area contributed by atoms with Gasteiger partial charge in [-0.05, 0) is 48.2 Å². The molecule has 6 heteroatoms. The number of para-hydroxylation sites is 1. The summed E-state index contributed by atoms with van der Waals surface area (Å²) in [6, 6.07) is 21.0. The maximum Gasteiger partial charge on any atom is 0.224 e. The maximum atomic E-state index is 13.1. The Kier molecular flexibility index (Phi) is 6.99. The van der Waals surface area contributed by atoms with Crippen LogP contribution in [0.5, 0.6) is 0 Å². The van der Waals surface area contributed by atoms with Crippen LogP contribution >= 0.6 is 11.3 Å². The molecule has 2 heterocycles. The van der Waals surface area contributed by atoms with E-state index in [0.717, 1.165) is 31.7 Å². The molecule has 1 amide bonds. The summed E-state index contributed by atoms with van der Waals surface area (Å²) in [4.78, 5) is 18.8. The highest BCUT2D eigenvalue weighted by molar-refractivity contribution is 7.10. The summed E-state index contributed by atoms with van der Waals surface area (Å²) < 4.78 is 13.1. The lowest BCUT2D eigenvalue weighted by Gasteiger charge is -2.42. The summed E-state index contributed by atoms with van der Waals surface area (Å²) in [5.41, 5.74) is 2.07. The van der Waals surface area contributed by atoms with E-state index < -0.39 is 0 Å². The molecule has 162 valence electrons. The standard InChI is InChI=1S/C25H28FN3OS/c1-19(27-24(30)18-20-9-11-21(26)12-10-20)25(23-8-5-17-31-23)29-15-13-28(14-16-29)22-6-3-2-4-7-22/h2-12,17,19,25H,13-16,18H2,1H3,(H,27,30). The van der Waals surface area contributed by atoms with E-state index in [1.165, 1.54) is 22.7 Å². The molecule has 3 aromatic rings. The minimum absolute atomic E-state index is 0.0325. The van der Waals surface area contributed by atoms with Gasteiger partial charge in [0.25, 0.3) is 0 Å². The summed E-state index contributed by atoms with van der Waals surface area (Å²) in [6.07, 6.45) is 0.254. The number of anilines is 1. The van der Waals surface area contributed by atoms with Gasteiger partial charge < -0.3 is 10.2 Å². The van der Waals surface area contributed by atoms with Gasteiger partial charge in [0.1, 0.15) is 5.82 Å². The van der Waals surface area contributed by atoms with Crippen molar-refractivity contribution in [1.82, 2.24) is 10.2 Å². The Hall–Kier alpha value is -2.70. The molecule has 0 spiro atoms. The molecular formula is C25H28FN3OS. The molecule has 1 aliphatic heterocycles. The zero-order valence-electron chi connectivity index (χ0n) is 17.7. The number of amides is 1. The van der Waals surface area contributed by atoms with Gasteiger partial charge in [0.15, 0.2) is 0 Å². The van der Waals surface area contributed by atoms with Gasteiger partial charge in [-0.15, -0.1) is 11.3 Å². The summed E-state index contributed by atoms with van der Waals surface area (Å²) in [7, 11) is 0. The van der Waals surface area contributed by atoms with E-state index in [2.05, 4.69) is 63.8 Å². The summed E-state index contributed by atoms with van der Waals surface area (Å²) in [5, 5.41) is 5.28. The Morgan fingerprint density at radius 1 is 1.00 bits per heavy atom. The highest BCUT2D eigenvalue weighted by Crippen LogP contribution is 2.30. The third kappa shape index (κ3) is 5.51. The van der Waals surface area contributed by atoms with Gasteiger partial charge in [-0.25, -0.2) is 4.39 Å². The molecule has 1 aromatic heterocycles. The van der Waals surface area contributed by atoms with Crippen LogP contribution in [0.1, 0.15) is 23.4 Å². The third-order valence-corrected chi connectivity index (χ3v) is 6.75. The van der Waals surface area contributed by atoms with Gasteiger partial charge in [-0.3, -0.25) is 9.69 Å². The molecule has 2 aromatic carbocycles. The number of thiophene rings is 1. The first-order valence-corrected chi connectivity index (χ1v) is 11.6.